The molecule has 5 nitrogen and oxygen atoms in total. The molecule has 0 aromatic carbocycles. The highest BCUT2D eigenvalue weighted by atomic mass is 32.1. The summed E-state index contributed by atoms with van der Waals surface area (Å²) >= 11 is 3.27. The van der Waals surface area contributed by atoms with E-state index in [1.807, 2.05) is 31.4 Å². The van der Waals surface area contributed by atoms with Crippen molar-refractivity contribution in [2.75, 3.05) is 11.9 Å². The van der Waals surface area contributed by atoms with Gasteiger partial charge in [0, 0.05) is 11.4 Å². The summed E-state index contributed by atoms with van der Waals surface area (Å²) in [5.41, 5.74) is 1.17. The van der Waals surface area contributed by atoms with Crippen LogP contribution in [0.25, 0.3) is 20.9 Å². The maximum atomic E-state index is 12.1. The molecule has 3 heterocycles. The summed E-state index contributed by atoms with van der Waals surface area (Å²) in [5, 5.41) is 9.13. The van der Waals surface area contributed by atoms with Gasteiger partial charge < -0.3 is 10.6 Å². The maximum absolute atomic E-state index is 12.1. The molecular formula is C17H20N4OS2. The van der Waals surface area contributed by atoms with Gasteiger partial charge in [0.25, 0.3) is 0 Å². The van der Waals surface area contributed by atoms with E-state index in [1.165, 1.54) is 10.4 Å². The zero-order chi connectivity index (χ0) is 17.3. The van der Waals surface area contributed by atoms with E-state index in [9.17, 15) is 4.79 Å². The third-order valence-electron chi connectivity index (χ3n) is 3.87. The number of nitrogens with one attached hydrogen (secondary N) is 2. The lowest BCUT2D eigenvalue weighted by Gasteiger charge is -2.15. The molecule has 1 amide bonds. The highest BCUT2D eigenvalue weighted by molar-refractivity contribution is 7.19. The lowest BCUT2D eigenvalue weighted by Crippen LogP contribution is -2.37. The number of hydrogen-bond donors (Lipinski definition) is 2. The Bertz CT molecular complexity index is 870. The molecule has 0 aliphatic heterocycles. The first kappa shape index (κ1) is 16.9. The molecule has 0 spiro atoms. The molecule has 0 radical (unpaired) electrons. The number of carbonyl (C=O) groups is 1. The molecule has 0 saturated carbocycles. The average Bonchev–Trinajstić information content (AvgIpc) is 3.17. The van der Waals surface area contributed by atoms with Crippen molar-refractivity contribution < 1.29 is 4.79 Å². The Morgan fingerprint density at radius 3 is 2.79 bits per heavy atom. The van der Waals surface area contributed by atoms with Crippen LogP contribution >= 0.6 is 22.7 Å². The predicted molar refractivity (Wildman–Crippen MR) is 102 cm³/mol. The lowest BCUT2D eigenvalue weighted by molar-refractivity contribution is -0.121. The van der Waals surface area contributed by atoms with Crippen LogP contribution in [0.15, 0.2) is 17.5 Å². The second-order valence-electron chi connectivity index (χ2n) is 5.60. The molecule has 3 aromatic rings. The zero-order valence-corrected chi connectivity index (χ0v) is 15.8. The van der Waals surface area contributed by atoms with Gasteiger partial charge in [0.15, 0.2) is 5.82 Å². The van der Waals surface area contributed by atoms with Crippen LogP contribution in [-0.2, 0) is 4.79 Å². The fourth-order valence-corrected chi connectivity index (χ4v) is 4.15. The van der Waals surface area contributed by atoms with Crippen molar-refractivity contribution >= 4 is 44.6 Å². The van der Waals surface area contributed by atoms with Gasteiger partial charge in [-0.3, -0.25) is 4.79 Å². The highest BCUT2D eigenvalue weighted by Gasteiger charge is 2.19. The molecule has 3 rings (SSSR count). The fraction of sp³-hybridized carbons (Fsp3) is 0.353. The molecule has 3 aromatic heterocycles. The minimum atomic E-state index is -0.362. The monoisotopic (exact) mass is 360 g/mol. The molecule has 2 N–H and O–H groups in total. The Labute approximate surface area is 149 Å². The maximum Gasteiger partial charge on any atom is 0.242 e. The Morgan fingerprint density at radius 2 is 2.12 bits per heavy atom. The highest BCUT2D eigenvalue weighted by Crippen LogP contribution is 2.35. The van der Waals surface area contributed by atoms with Gasteiger partial charge in [0.05, 0.1) is 10.3 Å². The number of likely N-dealkylation sites (N-methyl/N-ethyl adjacent to an activating group) is 1. The molecule has 0 aliphatic rings. The number of carbonyl (C=O) groups excluding carboxylic acids is 1. The molecule has 126 valence electrons. The van der Waals surface area contributed by atoms with Crippen molar-refractivity contribution in [1.82, 2.24) is 15.3 Å². The van der Waals surface area contributed by atoms with Crippen molar-refractivity contribution in [2.24, 2.45) is 0 Å². The minimum Gasteiger partial charge on any atom is -0.358 e. The summed E-state index contributed by atoms with van der Waals surface area (Å²) in [6, 6.07) is 3.64. The van der Waals surface area contributed by atoms with E-state index in [0.29, 0.717) is 12.4 Å². The minimum absolute atomic E-state index is 0.0356. The van der Waals surface area contributed by atoms with Gasteiger partial charge in [-0.2, -0.15) is 0 Å². The average molecular weight is 361 g/mol. The number of rotatable bonds is 5. The number of anilines is 1. The fourth-order valence-electron chi connectivity index (χ4n) is 2.47. The van der Waals surface area contributed by atoms with Gasteiger partial charge in [-0.1, -0.05) is 6.07 Å². The second kappa shape index (κ2) is 6.86. The Morgan fingerprint density at radius 1 is 1.33 bits per heavy atom. The molecule has 0 bridgehead atoms. The summed E-state index contributed by atoms with van der Waals surface area (Å²) in [5.74, 6) is 1.39. The van der Waals surface area contributed by atoms with Gasteiger partial charge in [0.2, 0.25) is 5.91 Å². The number of thiophene rings is 2. The lowest BCUT2D eigenvalue weighted by atomic mass is 10.2. The Hall–Kier alpha value is -1.99. The quantitative estimate of drug-likeness (QED) is 0.722. The van der Waals surface area contributed by atoms with Crippen LogP contribution in [0.3, 0.4) is 0 Å². The van der Waals surface area contributed by atoms with E-state index in [2.05, 4.69) is 24.5 Å². The molecule has 7 heteroatoms. The molecular weight excluding hydrogens is 340 g/mol. The zero-order valence-electron chi connectivity index (χ0n) is 14.1. The molecule has 0 aliphatic carbocycles. The molecule has 1 unspecified atom stereocenters. The summed E-state index contributed by atoms with van der Waals surface area (Å²) in [6.07, 6.45) is 0. The van der Waals surface area contributed by atoms with Crippen LogP contribution in [-0.4, -0.2) is 28.5 Å². The summed E-state index contributed by atoms with van der Waals surface area (Å²) in [6.45, 7) is 8.53. The van der Waals surface area contributed by atoms with Crippen molar-refractivity contribution in [2.45, 2.75) is 33.7 Å². The van der Waals surface area contributed by atoms with Crippen LogP contribution in [0.2, 0.25) is 0 Å². The van der Waals surface area contributed by atoms with E-state index in [4.69, 9.17) is 9.97 Å². The van der Waals surface area contributed by atoms with Gasteiger partial charge in [-0.15, -0.1) is 22.7 Å². The molecule has 24 heavy (non-hydrogen) atoms. The van der Waals surface area contributed by atoms with E-state index < -0.39 is 0 Å². The van der Waals surface area contributed by atoms with Crippen molar-refractivity contribution in [3.63, 3.8) is 0 Å². The predicted octanol–water partition coefficient (Wildman–Crippen LogP) is 3.97. The SMILES string of the molecule is CCNC(=O)C(C)Nc1nc(-c2cccs2)nc2sc(C)c(C)c12. The summed E-state index contributed by atoms with van der Waals surface area (Å²) < 4.78 is 0. The molecule has 0 fully saturated rings. The second-order valence-corrected chi connectivity index (χ2v) is 7.75. The first-order valence-corrected chi connectivity index (χ1v) is 9.56. The Balaban J connectivity index is 2.08. The number of aryl methyl sites for hydroxylation is 2. The van der Waals surface area contributed by atoms with Crippen LogP contribution in [0.5, 0.6) is 0 Å². The van der Waals surface area contributed by atoms with Gasteiger partial charge in [0.1, 0.15) is 16.7 Å². The van der Waals surface area contributed by atoms with E-state index >= 15 is 0 Å². The standard InChI is InChI=1S/C17H20N4OS2/c1-5-18-16(22)10(3)19-15-13-9(2)11(4)24-17(13)21-14(20-15)12-7-6-8-23-12/h6-8,10H,5H2,1-4H3,(H,18,22)(H,19,20,21). The largest absolute Gasteiger partial charge is 0.358 e. The van der Waals surface area contributed by atoms with Crippen molar-refractivity contribution in [3.8, 4) is 10.7 Å². The van der Waals surface area contributed by atoms with Crippen LogP contribution < -0.4 is 10.6 Å². The normalized spacial score (nSPS) is 12.3. The Kier molecular flexibility index (Phi) is 4.82. The van der Waals surface area contributed by atoms with Gasteiger partial charge >= 0.3 is 0 Å². The van der Waals surface area contributed by atoms with E-state index in [0.717, 1.165) is 20.9 Å². The number of fused-ring (bicyclic) bond motifs is 1. The number of aromatic nitrogens is 2. The molecule has 1 atom stereocenters. The van der Waals surface area contributed by atoms with Crippen LogP contribution in [0, 0.1) is 13.8 Å². The smallest absolute Gasteiger partial charge is 0.242 e. The first-order chi connectivity index (χ1) is 11.5. The van der Waals surface area contributed by atoms with Crippen molar-refractivity contribution in [3.05, 3.63) is 28.0 Å². The number of nitrogens with zero attached hydrogens (tertiary/aromatic N) is 2. The van der Waals surface area contributed by atoms with E-state index in [-0.39, 0.29) is 11.9 Å². The van der Waals surface area contributed by atoms with Crippen LogP contribution in [0.4, 0.5) is 5.82 Å². The summed E-state index contributed by atoms with van der Waals surface area (Å²) in [4.78, 5) is 24.7. The third kappa shape index (κ3) is 3.14. The number of hydrogen-bond acceptors (Lipinski definition) is 6. The van der Waals surface area contributed by atoms with E-state index in [1.54, 1.807) is 22.7 Å². The third-order valence-corrected chi connectivity index (χ3v) is 5.83. The van der Waals surface area contributed by atoms with Gasteiger partial charge in [-0.25, -0.2) is 9.97 Å². The topological polar surface area (TPSA) is 66.9 Å². The number of amides is 1. The summed E-state index contributed by atoms with van der Waals surface area (Å²) in [7, 11) is 0. The molecule has 0 saturated heterocycles. The first-order valence-electron chi connectivity index (χ1n) is 7.87. The van der Waals surface area contributed by atoms with Crippen LogP contribution in [0.1, 0.15) is 24.3 Å². The van der Waals surface area contributed by atoms with Crippen molar-refractivity contribution in [1.29, 1.82) is 0 Å². The van der Waals surface area contributed by atoms with Gasteiger partial charge in [-0.05, 0) is 44.7 Å².